The van der Waals surface area contributed by atoms with E-state index in [0.717, 1.165) is 5.03 Å². The van der Waals surface area contributed by atoms with Crippen molar-refractivity contribution in [1.29, 1.82) is 0 Å². The van der Waals surface area contributed by atoms with E-state index < -0.39 is 0 Å². The predicted molar refractivity (Wildman–Crippen MR) is 46.0 cm³/mol. The average Bonchev–Trinajstić information content (AvgIpc) is 2.34. The summed E-state index contributed by atoms with van der Waals surface area (Å²) in [4.78, 5) is 5.24. The van der Waals surface area contributed by atoms with Crippen LogP contribution in [0.4, 0.5) is 0 Å². The lowest BCUT2D eigenvalue weighted by molar-refractivity contribution is 1.23. The molecule has 0 aliphatic carbocycles. The van der Waals surface area contributed by atoms with Gasteiger partial charge in [-0.05, 0) is 5.38 Å². The van der Waals surface area contributed by atoms with Gasteiger partial charge in [-0.25, -0.2) is 4.98 Å². The van der Waals surface area contributed by atoms with E-state index in [0.29, 0.717) is 0 Å². The summed E-state index contributed by atoms with van der Waals surface area (Å²) >= 11 is 5.87. The molecule has 0 bridgehead atoms. The van der Waals surface area contributed by atoms with Crippen LogP contribution in [0.1, 0.15) is 0 Å². The zero-order valence-corrected chi connectivity index (χ0v) is 6.82. The van der Waals surface area contributed by atoms with E-state index in [1.807, 2.05) is 23.7 Å². The third-order valence-electron chi connectivity index (χ3n) is 1.33. The molecule has 0 aromatic heterocycles. The SMILES string of the molecule is Sc1ncc2cccsc1-2. The second kappa shape index (κ2) is 2.25. The number of rotatable bonds is 0. The second-order valence-corrected chi connectivity index (χ2v) is 3.32. The summed E-state index contributed by atoms with van der Waals surface area (Å²) in [6, 6.07) is 4.06. The molecule has 50 valence electrons. The molecule has 0 unspecified atom stereocenters. The van der Waals surface area contributed by atoms with Crippen molar-refractivity contribution in [1.82, 2.24) is 4.98 Å². The topological polar surface area (TPSA) is 12.9 Å². The van der Waals surface area contributed by atoms with E-state index in [2.05, 4.69) is 17.6 Å². The van der Waals surface area contributed by atoms with Gasteiger partial charge in [-0.2, -0.15) is 0 Å². The molecule has 0 aromatic rings. The lowest BCUT2D eigenvalue weighted by Gasteiger charge is -1.92. The molecule has 0 atom stereocenters. The minimum absolute atomic E-state index is 0.834. The molecule has 2 rings (SSSR count). The first-order chi connectivity index (χ1) is 4.88. The molecule has 0 saturated heterocycles. The highest BCUT2D eigenvalue weighted by molar-refractivity contribution is 7.80. The Morgan fingerprint density at radius 1 is 1.50 bits per heavy atom. The van der Waals surface area contributed by atoms with Crippen LogP contribution in [-0.2, 0) is 0 Å². The lowest BCUT2D eigenvalue weighted by Crippen LogP contribution is -1.66. The zero-order valence-electron chi connectivity index (χ0n) is 5.11. The van der Waals surface area contributed by atoms with Crippen molar-refractivity contribution >= 4 is 24.0 Å². The molecule has 0 saturated carbocycles. The number of thiol groups is 1. The van der Waals surface area contributed by atoms with Crippen molar-refractivity contribution in [2.24, 2.45) is 0 Å². The van der Waals surface area contributed by atoms with Crippen LogP contribution >= 0.6 is 24.0 Å². The van der Waals surface area contributed by atoms with E-state index in [9.17, 15) is 0 Å². The largest absolute Gasteiger partial charge is 0.248 e. The number of fused-ring (bicyclic) bond motifs is 1. The van der Waals surface area contributed by atoms with Gasteiger partial charge in [0.25, 0.3) is 0 Å². The Balaban J connectivity index is 2.78. The van der Waals surface area contributed by atoms with E-state index >= 15 is 0 Å². The Morgan fingerprint density at radius 2 is 2.40 bits per heavy atom. The van der Waals surface area contributed by atoms with Crippen LogP contribution in [0, 0.1) is 0 Å². The standard InChI is InChI=1S/C7H5NS2/c9-7-6-5(4-8-7)2-1-3-10-6/h1-4,9H. The van der Waals surface area contributed by atoms with Gasteiger partial charge in [-0.1, -0.05) is 12.1 Å². The number of hydrogen-bond donors (Lipinski definition) is 1. The van der Waals surface area contributed by atoms with Crippen molar-refractivity contribution in [2.45, 2.75) is 5.03 Å². The summed E-state index contributed by atoms with van der Waals surface area (Å²) in [6.07, 6.45) is 1.84. The van der Waals surface area contributed by atoms with Crippen LogP contribution in [0.25, 0.3) is 10.4 Å². The third kappa shape index (κ3) is 0.822. The molecule has 0 aromatic carbocycles. The monoisotopic (exact) mass is 167 g/mol. The summed E-state index contributed by atoms with van der Waals surface area (Å²) in [5.74, 6) is 0. The smallest absolute Gasteiger partial charge is 0.111 e. The van der Waals surface area contributed by atoms with E-state index in [1.54, 1.807) is 11.3 Å². The number of aromatic nitrogens is 1. The predicted octanol–water partition coefficient (Wildman–Crippen LogP) is 2.54. The van der Waals surface area contributed by atoms with Crippen LogP contribution < -0.4 is 0 Å². The zero-order chi connectivity index (χ0) is 6.97. The lowest BCUT2D eigenvalue weighted by atomic mass is 10.3. The summed E-state index contributed by atoms with van der Waals surface area (Å²) in [5.41, 5.74) is 1.18. The molecule has 0 radical (unpaired) electrons. The van der Waals surface area contributed by atoms with E-state index in [1.165, 1.54) is 10.4 Å². The molecule has 0 N–H and O–H groups in total. The maximum Gasteiger partial charge on any atom is 0.111 e. The van der Waals surface area contributed by atoms with Gasteiger partial charge < -0.3 is 0 Å². The van der Waals surface area contributed by atoms with E-state index in [-0.39, 0.29) is 0 Å². The van der Waals surface area contributed by atoms with Crippen LogP contribution in [0.2, 0.25) is 0 Å². The Kier molecular flexibility index (Phi) is 1.39. The Morgan fingerprint density at radius 3 is 3.20 bits per heavy atom. The summed E-state index contributed by atoms with van der Waals surface area (Å²) in [5, 5.41) is 2.87. The molecular weight excluding hydrogens is 162 g/mol. The fourth-order valence-corrected chi connectivity index (χ4v) is 1.92. The molecule has 2 aliphatic rings. The van der Waals surface area contributed by atoms with Gasteiger partial charge in [0.2, 0.25) is 0 Å². The van der Waals surface area contributed by atoms with Gasteiger partial charge in [0.1, 0.15) is 5.03 Å². The van der Waals surface area contributed by atoms with Crippen molar-refractivity contribution in [3.63, 3.8) is 0 Å². The molecule has 0 fully saturated rings. The van der Waals surface area contributed by atoms with Crippen molar-refractivity contribution < 1.29 is 0 Å². The average molecular weight is 167 g/mol. The summed E-state index contributed by atoms with van der Waals surface area (Å²) < 4.78 is 0. The van der Waals surface area contributed by atoms with Crippen LogP contribution in [0.3, 0.4) is 0 Å². The first-order valence-electron chi connectivity index (χ1n) is 2.89. The maximum atomic E-state index is 4.20. The van der Waals surface area contributed by atoms with Gasteiger partial charge in [0.05, 0.1) is 4.88 Å². The molecule has 2 aliphatic heterocycles. The van der Waals surface area contributed by atoms with Crippen molar-refractivity contribution in [3.05, 3.63) is 23.7 Å². The normalized spacial score (nSPS) is 10.5. The number of nitrogens with zero attached hydrogens (tertiary/aromatic N) is 1. The van der Waals surface area contributed by atoms with Crippen LogP contribution in [0.5, 0.6) is 0 Å². The van der Waals surface area contributed by atoms with Gasteiger partial charge >= 0.3 is 0 Å². The molecule has 2 heterocycles. The summed E-state index contributed by atoms with van der Waals surface area (Å²) in [6.45, 7) is 0. The minimum atomic E-state index is 0.834. The molecular formula is C7H5NS2. The Labute approximate surface area is 68.5 Å². The van der Waals surface area contributed by atoms with Crippen molar-refractivity contribution in [2.75, 3.05) is 0 Å². The quantitative estimate of drug-likeness (QED) is 0.595. The van der Waals surface area contributed by atoms with Gasteiger partial charge in [-0.15, -0.1) is 24.0 Å². The first-order valence-corrected chi connectivity index (χ1v) is 4.22. The van der Waals surface area contributed by atoms with Crippen LogP contribution in [0.15, 0.2) is 28.7 Å². The van der Waals surface area contributed by atoms with Gasteiger partial charge in [0.15, 0.2) is 0 Å². The molecule has 0 spiro atoms. The maximum absolute atomic E-state index is 4.20. The second-order valence-electron chi connectivity index (χ2n) is 1.98. The highest BCUT2D eigenvalue weighted by Crippen LogP contribution is 2.30. The van der Waals surface area contributed by atoms with Gasteiger partial charge in [-0.3, -0.25) is 0 Å². The van der Waals surface area contributed by atoms with Crippen molar-refractivity contribution in [3.8, 4) is 10.4 Å². The van der Waals surface area contributed by atoms with Gasteiger partial charge in [0, 0.05) is 11.8 Å². The summed E-state index contributed by atoms with van der Waals surface area (Å²) in [7, 11) is 0. The first kappa shape index (κ1) is 6.19. The molecule has 0 amide bonds. The molecule has 3 heteroatoms. The van der Waals surface area contributed by atoms with Crippen LogP contribution in [-0.4, -0.2) is 4.98 Å². The minimum Gasteiger partial charge on any atom is -0.248 e. The van der Waals surface area contributed by atoms with E-state index in [4.69, 9.17) is 0 Å². The fourth-order valence-electron chi connectivity index (χ4n) is 0.867. The Bertz CT molecular complexity index is 315. The molecule has 1 nitrogen and oxygen atoms in total. The number of hydrogen-bond acceptors (Lipinski definition) is 3. The highest BCUT2D eigenvalue weighted by atomic mass is 32.1. The molecule has 10 heavy (non-hydrogen) atoms. The highest BCUT2D eigenvalue weighted by Gasteiger charge is 2.06. The third-order valence-corrected chi connectivity index (χ3v) is 2.78. The fraction of sp³-hybridized carbons (Fsp3) is 0. The Hall–Kier alpha value is -0.540.